The van der Waals surface area contributed by atoms with E-state index >= 15 is 0 Å². The molecule has 0 saturated heterocycles. The maximum absolute atomic E-state index is 12.8. The number of carbonyl (C=O) groups is 1. The number of hydrogen-bond donors (Lipinski definition) is 1. The summed E-state index contributed by atoms with van der Waals surface area (Å²) in [6.07, 6.45) is 0. The fourth-order valence-corrected chi connectivity index (χ4v) is 4.22. The smallest absolute Gasteiger partial charge is 0.257 e. The Morgan fingerprint density at radius 2 is 1.52 bits per heavy atom. The Kier molecular flexibility index (Phi) is 5.28. The molecule has 29 heavy (non-hydrogen) atoms. The van der Waals surface area contributed by atoms with Gasteiger partial charge >= 0.3 is 0 Å². The zero-order valence-corrected chi connectivity index (χ0v) is 17.5. The van der Waals surface area contributed by atoms with E-state index in [0.717, 1.165) is 27.3 Å². The molecule has 4 aromatic rings. The molecule has 4 rings (SSSR count). The molecule has 0 fully saturated rings. The van der Waals surface area contributed by atoms with Gasteiger partial charge in [-0.25, -0.2) is 4.98 Å². The molecule has 0 atom stereocenters. The molecule has 0 aliphatic rings. The van der Waals surface area contributed by atoms with Crippen LogP contribution < -0.4 is 5.32 Å². The topological polar surface area (TPSA) is 42.0 Å². The number of amides is 1. The van der Waals surface area contributed by atoms with Crippen LogP contribution in [0.25, 0.3) is 21.7 Å². The lowest BCUT2D eigenvalue weighted by Crippen LogP contribution is -2.12. The van der Waals surface area contributed by atoms with Gasteiger partial charge < -0.3 is 0 Å². The molecule has 1 heterocycles. The van der Waals surface area contributed by atoms with Gasteiger partial charge in [0, 0.05) is 11.1 Å². The summed E-state index contributed by atoms with van der Waals surface area (Å²) in [6.45, 7) is 6.15. The molecule has 1 N–H and O–H groups in total. The third-order valence-corrected chi connectivity index (χ3v) is 6.07. The average molecular weight is 399 g/mol. The Morgan fingerprint density at radius 1 is 0.793 bits per heavy atom. The summed E-state index contributed by atoms with van der Waals surface area (Å²) >= 11 is 1.50. The molecule has 144 valence electrons. The second-order valence-corrected chi connectivity index (χ2v) is 8.13. The summed E-state index contributed by atoms with van der Waals surface area (Å²) in [6, 6.07) is 24.1. The summed E-state index contributed by atoms with van der Waals surface area (Å²) < 4.78 is 0. The summed E-state index contributed by atoms with van der Waals surface area (Å²) in [5.41, 5.74) is 7.12. The predicted octanol–water partition coefficient (Wildman–Crippen LogP) is 6.65. The third kappa shape index (κ3) is 3.98. The number of carbonyl (C=O) groups excluding carboxylic acids is 1. The zero-order valence-electron chi connectivity index (χ0n) is 16.7. The van der Waals surface area contributed by atoms with Gasteiger partial charge in [0.15, 0.2) is 5.13 Å². The molecule has 0 aliphatic carbocycles. The first-order valence-electron chi connectivity index (χ1n) is 9.54. The predicted molar refractivity (Wildman–Crippen MR) is 122 cm³/mol. The number of anilines is 1. The van der Waals surface area contributed by atoms with Crippen molar-refractivity contribution in [3.8, 4) is 21.7 Å². The number of nitrogens with one attached hydrogen (secondary N) is 1. The Hall–Kier alpha value is -3.24. The second-order valence-electron chi connectivity index (χ2n) is 7.13. The quantitative estimate of drug-likeness (QED) is 0.418. The van der Waals surface area contributed by atoms with Gasteiger partial charge in [0.25, 0.3) is 5.91 Å². The SMILES string of the molecule is Cc1ccc(-c2nc(NC(=O)c3ccccc3C)sc2-c2ccccc2)cc1C. The van der Waals surface area contributed by atoms with E-state index in [4.69, 9.17) is 4.98 Å². The lowest BCUT2D eigenvalue weighted by Gasteiger charge is -2.06. The van der Waals surface area contributed by atoms with Crippen LogP contribution in [0, 0.1) is 20.8 Å². The van der Waals surface area contributed by atoms with Gasteiger partial charge in [-0.2, -0.15) is 0 Å². The van der Waals surface area contributed by atoms with Crippen molar-refractivity contribution in [1.82, 2.24) is 4.98 Å². The van der Waals surface area contributed by atoms with Crippen LogP contribution in [0.1, 0.15) is 27.0 Å². The van der Waals surface area contributed by atoms with Crippen LogP contribution in [0.15, 0.2) is 72.8 Å². The van der Waals surface area contributed by atoms with E-state index in [9.17, 15) is 4.79 Å². The van der Waals surface area contributed by atoms with Crippen molar-refractivity contribution in [3.63, 3.8) is 0 Å². The highest BCUT2D eigenvalue weighted by Crippen LogP contribution is 2.39. The average Bonchev–Trinajstić information content (AvgIpc) is 3.14. The van der Waals surface area contributed by atoms with Crippen molar-refractivity contribution < 1.29 is 4.79 Å². The van der Waals surface area contributed by atoms with Crippen molar-refractivity contribution >= 4 is 22.4 Å². The van der Waals surface area contributed by atoms with Gasteiger partial charge in [0.2, 0.25) is 0 Å². The Morgan fingerprint density at radius 3 is 2.24 bits per heavy atom. The Labute approximate surface area is 175 Å². The van der Waals surface area contributed by atoms with Crippen molar-refractivity contribution in [3.05, 3.63) is 95.1 Å². The Bertz CT molecular complexity index is 1180. The van der Waals surface area contributed by atoms with Gasteiger partial charge in [-0.15, -0.1) is 0 Å². The fraction of sp³-hybridized carbons (Fsp3) is 0.120. The van der Waals surface area contributed by atoms with Gasteiger partial charge in [-0.3, -0.25) is 10.1 Å². The largest absolute Gasteiger partial charge is 0.298 e. The van der Waals surface area contributed by atoms with E-state index in [1.54, 1.807) is 0 Å². The molecular formula is C25H22N2OS. The number of rotatable bonds is 4. The summed E-state index contributed by atoms with van der Waals surface area (Å²) in [5, 5.41) is 3.60. The number of aryl methyl sites for hydroxylation is 3. The van der Waals surface area contributed by atoms with E-state index in [1.807, 2.05) is 49.4 Å². The van der Waals surface area contributed by atoms with Gasteiger partial charge in [-0.05, 0) is 55.2 Å². The molecule has 3 nitrogen and oxygen atoms in total. The van der Waals surface area contributed by atoms with E-state index in [0.29, 0.717) is 10.7 Å². The first-order valence-corrected chi connectivity index (χ1v) is 10.4. The number of nitrogens with zero attached hydrogens (tertiary/aromatic N) is 1. The van der Waals surface area contributed by atoms with Crippen molar-refractivity contribution in [2.24, 2.45) is 0 Å². The summed E-state index contributed by atoms with van der Waals surface area (Å²) in [7, 11) is 0. The van der Waals surface area contributed by atoms with Gasteiger partial charge in [-0.1, -0.05) is 72.0 Å². The van der Waals surface area contributed by atoms with Crippen LogP contribution in [0.4, 0.5) is 5.13 Å². The standard InChI is InChI=1S/C25H22N2OS/c1-16-13-14-20(15-18(16)3)22-23(19-10-5-4-6-11-19)29-25(26-22)27-24(28)21-12-8-7-9-17(21)2/h4-15H,1-3H3,(H,26,27,28). The normalized spacial score (nSPS) is 10.7. The summed E-state index contributed by atoms with van der Waals surface area (Å²) in [5.74, 6) is -0.136. The molecule has 1 amide bonds. The first-order chi connectivity index (χ1) is 14.0. The molecule has 0 aliphatic heterocycles. The highest BCUT2D eigenvalue weighted by molar-refractivity contribution is 7.19. The first kappa shape index (κ1) is 19.1. The monoisotopic (exact) mass is 398 g/mol. The number of aromatic nitrogens is 1. The van der Waals surface area contributed by atoms with Crippen LogP contribution in [0.3, 0.4) is 0 Å². The minimum absolute atomic E-state index is 0.136. The van der Waals surface area contributed by atoms with Crippen molar-refractivity contribution in [2.75, 3.05) is 5.32 Å². The molecule has 0 unspecified atom stereocenters. The van der Waals surface area contributed by atoms with Crippen LogP contribution in [-0.2, 0) is 0 Å². The van der Waals surface area contributed by atoms with Crippen LogP contribution in [-0.4, -0.2) is 10.9 Å². The van der Waals surface area contributed by atoms with Crippen LogP contribution in [0.5, 0.6) is 0 Å². The lowest BCUT2D eigenvalue weighted by atomic mass is 10.0. The maximum Gasteiger partial charge on any atom is 0.257 e. The second kappa shape index (κ2) is 8.02. The molecule has 3 aromatic carbocycles. The molecule has 1 aromatic heterocycles. The highest BCUT2D eigenvalue weighted by atomic mass is 32.1. The van der Waals surface area contributed by atoms with Gasteiger partial charge in [0.1, 0.15) is 0 Å². The molecule has 0 bridgehead atoms. The van der Waals surface area contributed by atoms with Crippen LogP contribution in [0.2, 0.25) is 0 Å². The minimum atomic E-state index is -0.136. The van der Waals surface area contributed by atoms with E-state index < -0.39 is 0 Å². The molecule has 0 saturated carbocycles. The van der Waals surface area contributed by atoms with Crippen molar-refractivity contribution in [1.29, 1.82) is 0 Å². The molecule has 0 radical (unpaired) electrons. The van der Waals surface area contributed by atoms with E-state index in [1.165, 1.54) is 22.5 Å². The number of thiazole rings is 1. The minimum Gasteiger partial charge on any atom is -0.298 e. The van der Waals surface area contributed by atoms with Crippen molar-refractivity contribution in [2.45, 2.75) is 20.8 Å². The molecular weight excluding hydrogens is 376 g/mol. The zero-order chi connectivity index (χ0) is 20.4. The highest BCUT2D eigenvalue weighted by Gasteiger charge is 2.18. The molecule has 0 spiro atoms. The molecule has 4 heteroatoms. The third-order valence-electron chi connectivity index (χ3n) is 5.05. The Balaban J connectivity index is 1.76. The number of benzene rings is 3. The lowest BCUT2D eigenvalue weighted by molar-refractivity contribution is 0.102. The van der Waals surface area contributed by atoms with Gasteiger partial charge in [0.05, 0.1) is 10.6 Å². The number of hydrogen-bond acceptors (Lipinski definition) is 3. The van der Waals surface area contributed by atoms with E-state index in [-0.39, 0.29) is 5.91 Å². The summed E-state index contributed by atoms with van der Waals surface area (Å²) in [4.78, 5) is 18.6. The van der Waals surface area contributed by atoms with E-state index in [2.05, 4.69) is 49.5 Å². The maximum atomic E-state index is 12.8. The fourth-order valence-electron chi connectivity index (χ4n) is 3.24. The van der Waals surface area contributed by atoms with Crippen LogP contribution >= 0.6 is 11.3 Å².